The molecule has 7 heteroatoms. The highest BCUT2D eigenvalue weighted by molar-refractivity contribution is 5.68. The summed E-state index contributed by atoms with van der Waals surface area (Å²) in [6, 6.07) is 11.2. The summed E-state index contributed by atoms with van der Waals surface area (Å²) in [4.78, 5) is 0. The van der Waals surface area contributed by atoms with Crippen molar-refractivity contribution in [2.75, 3.05) is 28.4 Å². The van der Waals surface area contributed by atoms with Gasteiger partial charge in [0.1, 0.15) is 5.75 Å². The molecule has 0 aliphatic carbocycles. The fourth-order valence-corrected chi connectivity index (χ4v) is 2.51. The Balaban J connectivity index is 1.85. The standard InChI is InChI=1S/C20H20N2O5/c1-23-15-8-5-13(6-9-15)7-10-18-21-22-20(27-18)14-11-16(24-2)19(26-4)17(12-14)25-3/h5-12H,1-4H3/b10-7-. The lowest BCUT2D eigenvalue weighted by molar-refractivity contribution is 0.324. The van der Waals surface area contributed by atoms with E-state index in [-0.39, 0.29) is 0 Å². The highest BCUT2D eigenvalue weighted by Crippen LogP contribution is 2.40. The predicted octanol–water partition coefficient (Wildman–Crippen LogP) is 3.94. The van der Waals surface area contributed by atoms with Crippen LogP contribution in [-0.2, 0) is 0 Å². The Morgan fingerprint density at radius 3 is 2.00 bits per heavy atom. The number of hydrogen-bond acceptors (Lipinski definition) is 7. The number of nitrogens with zero attached hydrogens (tertiary/aromatic N) is 2. The second-order valence-corrected chi connectivity index (χ2v) is 5.47. The van der Waals surface area contributed by atoms with Gasteiger partial charge in [-0.05, 0) is 35.9 Å². The average Bonchev–Trinajstić information content (AvgIpc) is 3.20. The van der Waals surface area contributed by atoms with Crippen LogP contribution in [0.3, 0.4) is 0 Å². The van der Waals surface area contributed by atoms with Crippen molar-refractivity contribution in [2.45, 2.75) is 0 Å². The summed E-state index contributed by atoms with van der Waals surface area (Å²) in [5.74, 6) is 3.07. The van der Waals surface area contributed by atoms with Crippen LogP contribution < -0.4 is 18.9 Å². The lowest BCUT2D eigenvalue weighted by atomic mass is 10.2. The van der Waals surface area contributed by atoms with E-state index in [2.05, 4.69) is 10.2 Å². The van der Waals surface area contributed by atoms with E-state index in [0.29, 0.717) is 34.6 Å². The van der Waals surface area contributed by atoms with Crippen LogP contribution in [0.25, 0.3) is 23.6 Å². The molecule has 140 valence electrons. The molecule has 0 saturated carbocycles. The molecule has 0 aliphatic heterocycles. The first-order valence-corrected chi connectivity index (χ1v) is 8.14. The third kappa shape index (κ3) is 4.03. The molecule has 27 heavy (non-hydrogen) atoms. The number of ether oxygens (including phenoxy) is 4. The van der Waals surface area contributed by atoms with Crippen LogP contribution in [-0.4, -0.2) is 38.6 Å². The third-order valence-corrected chi connectivity index (χ3v) is 3.89. The Kier molecular flexibility index (Phi) is 5.61. The Labute approximate surface area is 157 Å². The van der Waals surface area contributed by atoms with Gasteiger partial charge in [-0.1, -0.05) is 12.1 Å². The van der Waals surface area contributed by atoms with Crippen molar-refractivity contribution < 1.29 is 23.4 Å². The number of hydrogen-bond donors (Lipinski definition) is 0. The Hall–Kier alpha value is -3.48. The summed E-state index contributed by atoms with van der Waals surface area (Å²) in [6.45, 7) is 0. The van der Waals surface area contributed by atoms with Gasteiger partial charge in [0, 0.05) is 11.6 Å². The Morgan fingerprint density at radius 2 is 1.44 bits per heavy atom. The normalized spacial score (nSPS) is 10.8. The lowest BCUT2D eigenvalue weighted by Gasteiger charge is -2.12. The van der Waals surface area contributed by atoms with Crippen LogP contribution in [0.5, 0.6) is 23.0 Å². The second-order valence-electron chi connectivity index (χ2n) is 5.47. The number of methoxy groups -OCH3 is 4. The quantitative estimate of drug-likeness (QED) is 0.625. The summed E-state index contributed by atoms with van der Waals surface area (Å²) in [7, 11) is 6.29. The van der Waals surface area contributed by atoms with E-state index in [1.54, 1.807) is 46.6 Å². The molecule has 3 aromatic rings. The maximum Gasteiger partial charge on any atom is 0.248 e. The molecule has 1 heterocycles. The van der Waals surface area contributed by atoms with E-state index in [4.69, 9.17) is 23.4 Å². The Bertz CT molecular complexity index is 907. The van der Waals surface area contributed by atoms with Crippen molar-refractivity contribution in [1.29, 1.82) is 0 Å². The van der Waals surface area contributed by atoms with E-state index in [1.807, 2.05) is 30.3 Å². The van der Waals surface area contributed by atoms with Crippen LogP contribution in [0, 0.1) is 0 Å². The molecule has 0 N–H and O–H groups in total. The first-order valence-electron chi connectivity index (χ1n) is 8.14. The third-order valence-electron chi connectivity index (χ3n) is 3.89. The van der Waals surface area contributed by atoms with Crippen LogP contribution in [0.4, 0.5) is 0 Å². The first kappa shape index (κ1) is 18.3. The predicted molar refractivity (Wildman–Crippen MR) is 101 cm³/mol. The van der Waals surface area contributed by atoms with Crippen LogP contribution in [0.2, 0.25) is 0 Å². The van der Waals surface area contributed by atoms with E-state index in [1.165, 1.54) is 0 Å². The van der Waals surface area contributed by atoms with Gasteiger partial charge in [0.25, 0.3) is 0 Å². The minimum atomic E-state index is 0.351. The van der Waals surface area contributed by atoms with Crippen molar-refractivity contribution in [3.63, 3.8) is 0 Å². The van der Waals surface area contributed by atoms with E-state index < -0.39 is 0 Å². The molecule has 0 aliphatic rings. The van der Waals surface area contributed by atoms with Gasteiger partial charge in [-0.2, -0.15) is 0 Å². The van der Waals surface area contributed by atoms with Gasteiger partial charge < -0.3 is 23.4 Å². The minimum absolute atomic E-state index is 0.351. The van der Waals surface area contributed by atoms with E-state index in [0.717, 1.165) is 11.3 Å². The Morgan fingerprint density at radius 1 is 0.778 bits per heavy atom. The van der Waals surface area contributed by atoms with Crippen LogP contribution in [0.1, 0.15) is 11.5 Å². The monoisotopic (exact) mass is 368 g/mol. The smallest absolute Gasteiger partial charge is 0.248 e. The molecule has 1 aromatic heterocycles. The number of rotatable bonds is 7. The number of benzene rings is 2. The van der Waals surface area contributed by atoms with Crippen molar-refractivity contribution in [2.24, 2.45) is 0 Å². The first-order chi connectivity index (χ1) is 13.2. The molecule has 3 rings (SSSR count). The fourth-order valence-electron chi connectivity index (χ4n) is 2.51. The highest BCUT2D eigenvalue weighted by Gasteiger charge is 2.17. The molecule has 0 unspecified atom stereocenters. The zero-order valence-corrected chi connectivity index (χ0v) is 15.6. The molecule has 2 aromatic carbocycles. The van der Waals surface area contributed by atoms with Crippen LogP contribution >= 0.6 is 0 Å². The van der Waals surface area contributed by atoms with E-state index >= 15 is 0 Å². The lowest BCUT2D eigenvalue weighted by Crippen LogP contribution is -1.95. The molecule has 7 nitrogen and oxygen atoms in total. The summed E-state index contributed by atoms with van der Waals surface area (Å²) in [6.07, 6.45) is 3.63. The van der Waals surface area contributed by atoms with Crippen molar-refractivity contribution in [3.05, 3.63) is 47.9 Å². The van der Waals surface area contributed by atoms with Gasteiger partial charge in [-0.15, -0.1) is 10.2 Å². The van der Waals surface area contributed by atoms with Gasteiger partial charge in [0.15, 0.2) is 11.5 Å². The molecule has 0 atom stereocenters. The summed E-state index contributed by atoms with van der Waals surface area (Å²) in [5, 5.41) is 8.15. The SMILES string of the molecule is COc1ccc(/C=C\c2nnc(-c3cc(OC)c(OC)c(OC)c3)o2)cc1. The molecule has 0 fully saturated rings. The molecular weight excluding hydrogens is 348 g/mol. The number of aromatic nitrogens is 2. The average molecular weight is 368 g/mol. The maximum absolute atomic E-state index is 5.72. The van der Waals surface area contributed by atoms with Crippen LogP contribution in [0.15, 0.2) is 40.8 Å². The topological polar surface area (TPSA) is 75.8 Å². The van der Waals surface area contributed by atoms with Crippen molar-refractivity contribution >= 4 is 12.2 Å². The molecule has 0 radical (unpaired) electrons. The zero-order chi connectivity index (χ0) is 19.2. The molecular formula is C20H20N2O5. The molecule has 0 amide bonds. The summed E-state index contributed by atoms with van der Waals surface area (Å²) in [5.41, 5.74) is 1.66. The molecule has 0 spiro atoms. The largest absolute Gasteiger partial charge is 0.497 e. The van der Waals surface area contributed by atoms with Gasteiger partial charge in [0.2, 0.25) is 17.5 Å². The zero-order valence-electron chi connectivity index (χ0n) is 15.6. The van der Waals surface area contributed by atoms with Gasteiger partial charge in [-0.25, -0.2) is 0 Å². The second kappa shape index (κ2) is 8.27. The molecule has 0 bridgehead atoms. The molecule has 0 saturated heterocycles. The van der Waals surface area contributed by atoms with E-state index in [9.17, 15) is 0 Å². The highest BCUT2D eigenvalue weighted by atomic mass is 16.5. The maximum atomic E-state index is 5.72. The van der Waals surface area contributed by atoms with Crippen molar-refractivity contribution in [3.8, 4) is 34.5 Å². The van der Waals surface area contributed by atoms with Gasteiger partial charge in [-0.3, -0.25) is 0 Å². The summed E-state index contributed by atoms with van der Waals surface area (Å²) >= 11 is 0. The van der Waals surface area contributed by atoms with Crippen molar-refractivity contribution in [1.82, 2.24) is 10.2 Å². The minimum Gasteiger partial charge on any atom is -0.497 e. The van der Waals surface area contributed by atoms with Gasteiger partial charge in [0.05, 0.1) is 28.4 Å². The fraction of sp³-hybridized carbons (Fsp3) is 0.200. The summed E-state index contributed by atoms with van der Waals surface area (Å²) < 4.78 is 26.9. The van der Waals surface area contributed by atoms with Gasteiger partial charge >= 0.3 is 0 Å².